The Kier molecular flexibility index (Phi) is 3.33. The summed E-state index contributed by atoms with van der Waals surface area (Å²) >= 11 is 0. The molecule has 0 bridgehead atoms. The average molecular weight is 239 g/mol. The molecule has 0 aromatic heterocycles. The fraction of sp³-hybridized carbons (Fsp3) is 1.00. The molecule has 3 atom stereocenters. The van der Waals surface area contributed by atoms with Gasteiger partial charge in [-0.1, -0.05) is 27.7 Å². The summed E-state index contributed by atoms with van der Waals surface area (Å²) in [5, 5.41) is 3.62. The lowest BCUT2D eigenvalue weighted by molar-refractivity contribution is -0.214. The van der Waals surface area contributed by atoms with E-state index in [2.05, 4.69) is 39.9 Å². The summed E-state index contributed by atoms with van der Waals surface area (Å²) in [5.74, 6) is 0.657. The molecule has 1 aliphatic heterocycles. The van der Waals surface area contributed by atoms with E-state index in [-0.39, 0.29) is 11.2 Å². The quantitative estimate of drug-likeness (QED) is 0.757. The summed E-state index contributed by atoms with van der Waals surface area (Å²) in [7, 11) is 0. The van der Waals surface area contributed by atoms with Crippen LogP contribution in [0.15, 0.2) is 0 Å². The maximum atomic E-state index is 6.59. The fourth-order valence-electron chi connectivity index (χ4n) is 3.63. The van der Waals surface area contributed by atoms with Crippen molar-refractivity contribution in [2.24, 2.45) is 11.3 Å². The Hall–Kier alpha value is -0.0800. The molecule has 1 spiro atoms. The van der Waals surface area contributed by atoms with Crippen LogP contribution in [0.1, 0.15) is 60.3 Å². The molecule has 3 unspecified atom stereocenters. The Morgan fingerprint density at radius 3 is 2.47 bits per heavy atom. The lowest BCUT2D eigenvalue weighted by Crippen LogP contribution is -2.63. The van der Waals surface area contributed by atoms with Crippen LogP contribution >= 0.6 is 0 Å². The van der Waals surface area contributed by atoms with Crippen LogP contribution in [0.5, 0.6) is 0 Å². The van der Waals surface area contributed by atoms with Crippen molar-refractivity contribution in [1.29, 1.82) is 0 Å². The van der Waals surface area contributed by atoms with Crippen LogP contribution in [-0.2, 0) is 4.74 Å². The number of nitrogens with one attached hydrogen (secondary N) is 1. The van der Waals surface area contributed by atoms with Gasteiger partial charge in [0.2, 0.25) is 0 Å². The smallest absolute Gasteiger partial charge is 0.0840 e. The largest absolute Gasteiger partial charge is 0.366 e. The van der Waals surface area contributed by atoms with E-state index in [1.54, 1.807) is 0 Å². The highest BCUT2D eigenvalue weighted by atomic mass is 16.5. The Balaban J connectivity index is 2.14. The Labute approximate surface area is 107 Å². The highest BCUT2D eigenvalue weighted by molar-refractivity contribution is 5.01. The molecule has 0 amide bonds. The second-order valence-electron chi connectivity index (χ2n) is 7.34. The van der Waals surface area contributed by atoms with E-state index in [1.165, 1.54) is 19.3 Å². The molecule has 1 heterocycles. The van der Waals surface area contributed by atoms with E-state index >= 15 is 0 Å². The first-order valence-corrected chi connectivity index (χ1v) is 7.22. The lowest BCUT2D eigenvalue weighted by Gasteiger charge is -2.54. The van der Waals surface area contributed by atoms with Crippen molar-refractivity contribution in [3.63, 3.8) is 0 Å². The van der Waals surface area contributed by atoms with E-state index in [0.29, 0.717) is 11.3 Å². The molecule has 2 fully saturated rings. The van der Waals surface area contributed by atoms with Crippen molar-refractivity contribution in [3.8, 4) is 0 Å². The van der Waals surface area contributed by atoms with Gasteiger partial charge in [-0.25, -0.2) is 0 Å². The first-order chi connectivity index (χ1) is 7.81. The van der Waals surface area contributed by atoms with Crippen LogP contribution < -0.4 is 5.32 Å². The zero-order chi connectivity index (χ0) is 12.7. The predicted molar refractivity (Wildman–Crippen MR) is 72.2 cm³/mol. The molecule has 1 N–H and O–H groups in total. The highest BCUT2D eigenvalue weighted by Crippen LogP contribution is 2.48. The van der Waals surface area contributed by atoms with Crippen molar-refractivity contribution in [2.75, 3.05) is 13.1 Å². The van der Waals surface area contributed by atoms with Gasteiger partial charge in [0.25, 0.3) is 0 Å². The SMILES string of the molecule is CCC1(C)CNCC2(CCC(C)(C)CC2C)O1. The highest BCUT2D eigenvalue weighted by Gasteiger charge is 2.49. The van der Waals surface area contributed by atoms with E-state index in [9.17, 15) is 0 Å². The predicted octanol–water partition coefficient (Wildman–Crippen LogP) is 3.36. The van der Waals surface area contributed by atoms with Gasteiger partial charge in [0.1, 0.15) is 0 Å². The second kappa shape index (κ2) is 4.24. The van der Waals surface area contributed by atoms with E-state index < -0.39 is 0 Å². The van der Waals surface area contributed by atoms with E-state index in [4.69, 9.17) is 4.74 Å². The van der Waals surface area contributed by atoms with Crippen LogP contribution in [0.2, 0.25) is 0 Å². The topological polar surface area (TPSA) is 21.3 Å². The average Bonchev–Trinajstić information content (AvgIpc) is 2.25. The molecule has 2 aliphatic rings. The Morgan fingerprint density at radius 1 is 1.18 bits per heavy atom. The third kappa shape index (κ3) is 2.53. The van der Waals surface area contributed by atoms with Crippen LogP contribution in [-0.4, -0.2) is 24.3 Å². The van der Waals surface area contributed by atoms with Crippen molar-refractivity contribution in [3.05, 3.63) is 0 Å². The molecule has 2 heteroatoms. The van der Waals surface area contributed by atoms with Crippen molar-refractivity contribution >= 4 is 0 Å². The molecule has 17 heavy (non-hydrogen) atoms. The van der Waals surface area contributed by atoms with Crippen molar-refractivity contribution in [2.45, 2.75) is 71.5 Å². The van der Waals surface area contributed by atoms with E-state index in [1.807, 2.05) is 0 Å². The summed E-state index contributed by atoms with van der Waals surface area (Å²) in [6.45, 7) is 13.7. The van der Waals surface area contributed by atoms with Gasteiger partial charge in [-0.3, -0.25) is 0 Å². The Bertz CT molecular complexity index is 289. The maximum absolute atomic E-state index is 6.59. The van der Waals surface area contributed by atoms with E-state index in [0.717, 1.165) is 19.5 Å². The van der Waals surface area contributed by atoms with Gasteiger partial charge >= 0.3 is 0 Å². The minimum absolute atomic E-state index is 0.0357. The molecule has 2 rings (SSSR count). The summed E-state index contributed by atoms with van der Waals surface area (Å²) in [6.07, 6.45) is 4.88. The zero-order valence-electron chi connectivity index (χ0n) is 12.2. The van der Waals surface area contributed by atoms with Gasteiger partial charge in [0, 0.05) is 13.1 Å². The van der Waals surface area contributed by atoms with Gasteiger partial charge in [-0.15, -0.1) is 0 Å². The first kappa shape index (κ1) is 13.4. The number of hydrogen-bond acceptors (Lipinski definition) is 2. The fourth-order valence-corrected chi connectivity index (χ4v) is 3.63. The first-order valence-electron chi connectivity index (χ1n) is 7.22. The molecular weight excluding hydrogens is 210 g/mol. The summed E-state index contributed by atoms with van der Waals surface area (Å²) < 4.78 is 6.59. The standard InChI is InChI=1S/C15H29NO/c1-6-14(5)10-16-11-15(17-14)8-7-13(3,4)9-12(15)2/h12,16H,6-11H2,1-5H3. The van der Waals surface area contributed by atoms with Gasteiger partial charge in [-0.2, -0.15) is 0 Å². The second-order valence-corrected chi connectivity index (χ2v) is 7.34. The van der Waals surface area contributed by atoms with Crippen molar-refractivity contribution in [1.82, 2.24) is 5.32 Å². The van der Waals surface area contributed by atoms with Crippen molar-refractivity contribution < 1.29 is 4.74 Å². The molecule has 0 aromatic carbocycles. The lowest BCUT2D eigenvalue weighted by atomic mass is 9.64. The van der Waals surface area contributed by atoms with Gasteiger partial charge in [0.15, 0.2) is 0 Å². The minimum Gasteiger partial charge on any atom is -0.366 e. The molecule has 1 saturated heterocycles. The number of rotatable bonds is 1. The van der Waals surface area contributed by atoms with Crippen LogP contribution in [0, 0.1) is 11.3 Å². The van der Waals surface area contributed by atoms with Gasteiger partial charge in [0.05, 0.1) is 11.2 Å². The molecule has 1 saturated carbocycles. The monoisotopic (exact) mass is 239 g/mol. The summed E-state index contributed by atoms with van der Waals surface area (Å²) in [5.41, 5.74) is 0.626. The molecular formula is C15H29NO. The molecule has 0 aromatic rings. The maximum Gasteiger partial charge on any atom is 0.0840 e. The third-order valence-electron chi connectivity index (χ3n) is 5.10. The molecule has 0 radical (unpaired) electrons. The minimum atomic E-state index is 0.0357. The number of hydrogen-bond donors (Lipinski definition) is 1. The Morgan fingerprint density at radius 2 is 1.88 bits per heavy atom. The zero-order valence-corrected chi connectivity index (χ0v) is 12.2. The van der Waals surface area contributed by atoms with Crippen LogP contribution in [0.3, 0.4) is 0 Å². The third-order valence-corrected chi connectivity index (χ3v) is 5.10. The summed E-state index contributed by atoms with van der Waals surface area (Å²) in [6, 6.07) is 0. The number of morpholine rings is 1. The number of ether oxygens (including phenoxy) is 1. The normalized spacial score (nSPS) is 46.1. The summed E-state index contributed by atoms with van der Waals surface area (Å²) in [4.78, 5) is 0. The van der Waals surface area contributed by atoms with Gasteiger partial charge in [-0.05, 0) is 43.9 Å². The molecule has 100 valence electrons. The van der Waals surface area contributed by atoms with Crippen LogP contribution in [0.25, 0.3) is 0 Å². The molecule has 2 nitrogen and oxygen atoms in total. The van der Waals surface area contributed by atoms with Crippen LogP contribution in [0.4, 0.5) is 0 Å². The van der Waals surface area contributed by atoms with Gasteiger partial charge < -0.3 is 10.1 Å². The molecule has 1 aliphatic carbocycles.